The average Bonchev–Trinajstić information content (AvgIpc) is 2.71. The summed E-state index contributed by atoms with van der Waals surface area (Å²) in [4.78, 5) is 17.1. The van der Waals surface area contributed by atoms with Gasteiger partial charge in [0.1, 0.15) is 11.9 Å². The van der Waals surface area contributed by atoms with E-state index in [4.69, 9.17) is 14.2 Å². The quantitative estimate of drug-likeness (QED) is 0.536. The Balaban J connectivity index is 1.84. The van der Waals surface area contributed by atoms with Crippen molar-refractivity contribution >= 4 is 11.8 Å². The van der Waals surface area contributed by atoms with E-state index in [1.807, 2.05) is 24.3 Å². The van der Waals surface area contributed by atoms with Gasteiger partial charge < -0.3 is 19.1 Å². The molecule has 7 nitrogen and oxygen atoms in total. The van der Waals surface area contributed by atoms with Crippen LogP contribution in [0.4, 0.5) is 10.5 Å². The molecule has 1 aliphatic rings. The zero-order valence-corrected chi connectivity index (χ0v) is 18.2. The Bertz CT molecular complexity index is 591. The summed E-state index contributed by atoms with van der Waals surface area (Å²) in [5, 5.41) is 2.83. The van der Waals surface area contributed by atoms with Crippen LogP contribution in [0.2, 0.25) is 0 Å². The molecule has 0 aromatic heterocycles. The Kier molecular flexibility index (Phi) is 10.8. The number of unbranched alkanes of at least 4 members (excludes halogenated alkanes) is 3. The fraction of sp³-hybridized carbons (Fsp3) is 0.682. The maximum Gasteiger partial charge on any atom is 0.412 e. The van der Waals surface area contributed by atoms with E-state index in [1.54, 1.807) is 7.11 Å². The lowest BCUT2D eigenvalue weighted by molar-refractivity contribution is 0.0157. The lowest BCUT2D eigenvalue weighted by Gasteiger charge is -2.34. The first-order valence-corrected chi connectivity index (χ1v) is 10.7. The normalized spacial score (nSPS) is 16.4. The third-order valence-corrected chi connectivity index (χ3v) is 5.06. The average molecular weight is 408 g/mol. The minimum absolute atomic E-state index is 0.314. The van der Waals surface area contributed by atoms with Crippen LogP contribution in [0.25, 0.3) is 0 Å². The van der Waals surface area contributed by atoms with E-state index >= 15 is 0 Å². The predicted octanol–water partition coefficient (Wildman–Crippen LogP) is 3.46. The summed E-state index contributed by atoms with van der Waals surface area (Å²) in [6.45, 7) is 7.85. The van der Waals surface area contributed by atoms with E-state index in [0.717, 1.165) is 39.0 Å². The lowest BCUT2D eigenvalue weighted by Crippen LogP contribution is -2.48. The predicted molar refractivity (Wildman–Crippen MR) is 116 cm³/mol. The van der Waals surface area contributed by atoms with E-state index in [0.29, 0.717) is 31.2 Å². The summed E-state index contributed by atoms with van der Waals surface area (Å²) in [5.41, 5.74) is 0.628. The van der Waals surface area contributed by atoms with Gasteiger partial charge in [0.15, 0.2) is 0 Å². The third kappa shape index (κ3) is 9.02. The first-order chi connectivity index (χ1) is 14.1. The molecule has 1 aromatic rings. The number of rotatable bonds is 12. The van der Waals surface area contributed by atoms with Gasteiger partial charge in [-0.1, -0.05) is 38.3 Å². The molecular formula is C22H37N3O4. The van der Waals surface area contributed by atoms with Crippen molar-refractivity contribution in [3.05, 3.63) is 24.3 Å². The van der Waals surface area contributed by atoms with Crippen LogP contribution in [0.5, 0.6) is 5.75 Å². The second kappa shape index (κ2) is 13.4. The zero-order chi connectivity index (χ0) is 20.9. The fourth-order valence-corrected chi connectivity index (χ4v) is 3.33. The number of hydrogen-bond donors (Lipinski definition) is 1. The number of likely N-dealkylation sites (N-methyl/N-ethyl adjacent to an activating group) is 1. The number of nitrogens with one attached hydrogen (secondary N) is 1. The number of carbonyl (C=O) groups excluding carboxylic acids is 1. The summed E-state index contributed by atoms with van der Waals surface area (Å²) in [7, 11) is 3.75. The number of piperazine rings is 1. The molecule has 0 unspecified atom stereocenters. The van der Waals surface area contributed by atoms with Crippen LogP contribution in [-0.2, 0) is 9.47 Å². The molecule has 1 heterocycles. The molecule has 7 heteroatoms. The molecule has 1 atom stereocenters. The number of para-hydroxylation sites is 2. The number of ether oxygens (including phenoxy) is 3. The van der Waals surface area contributed by atoms with Gasteiger partial charge >= 0.3 is 6.09 Å². The molecule has 1 aromatic carbocycles. The Morgan fingerprint density at radius 2 is 1.90 bits per heavy atom. The standard InChI is InChI=1S/C22H37N3O4/c1-4-5-6-9-16-28-21-11-8-7-10-20(21)23-22(26)29-19(18-27-3)17-25-14-12-24(2)13-15-25/h7-8,10-11,19H,4-6,9,12-18H2,1-3H3,(H,23,26)/t19-/m1/s1. The Morgan fingerprint density at radius 1 is 1.14 bits per heavy atom. The van der Waals surface area contributed by atoms with Crippen LogP contribution in [0.1, 0.15) is 32.6 Å². The second-order valence-electron chi connectivity index (χ2n) is 7.62. The molecule has 29 heavy (non-hydrogen) atoms. The largest absolute Gasteiger partial charge is 0.491 e. The molecule has 1 N–H and O–H groups in total. The third-order valence-electron chi connectivity index (χ3n) is 5.06. The van der Waals surface area contributed by atoms with Crippen LogP contribution in [-0.4, -0.2) is 82.1 Å². The van der Waals surface area contributed by atoms with Crippen molar-refractivity contribution in [1.29, 1.82) is 0 Å². The highest BCUT2D eigenvalue weighted by Gasteiger charge is 2.22. The minimum atomic E-state index is -0.483. The van der Waals surface area contributed by atoms with Gasteiger partial charge in [0, 0.05) is 39.8 Å². The van der Waals surface area contributed by atoms with E-state index < -0.39 is 6.09 Å². The van der Waals surface area contributed by atoms with Crippen LogP contribution in [0.3, 0.4) is 0 Å². The van der Waals surface area contributed by atoms with Gasteiger partial charge in [-0.15, -0.1) is 0 Å². The molecule has 2 rings (SSSR count). The van der Waals surface area contributed by atoms with Gasteiger partial charge in [-0.3, -0.25) is 10.2 Å². The molecule has 1 aliphatic heterocycles. The van der Waals surface area contributed by atoms with Crippen molar-refractivity contribution in [3.63, 3.8) is 0 Å². The summed E-state index contributed by atoms with van der Waals surface area (Å²) >= 11 is 0. The first-order valence-electron chi connectivity index (χ1n) is 10.7. The van der Waals surface area contributed by atoms with Crippen LogP contribution in [0.15, 0.2) is 24.3 Å². The number of hydrogen-bond acceptors (Lipinski definition) is 6. The Hall–Kier alpha value is -1.83. The molecule has 0 spiro atoms. The molecule has 1 amide bonds. The molecule has 0 aliphatic carbocycles. The summed E-state index contributed by atoms with van der Waals surface area (Å²) in [6, 6.07) is 7.47. The van der Waals surface area contributed by atoms with E-state index in [1.165, 1.54) is 12.8 Å². The SMILES string of the molecule is CCCCCCOc1ccccc1NC(=O)O[C@@H](COC)CN1CCN(C)CC1. The minimum Gasteiger partial charge on any atom is -0.491 e. The van der Waals surface area contributed by atoms with E-state index in [9.17, 15) is 4.79 Å². The number of amides is 1. The van der Waals surface area contributed by atoms with Crippen molar-refractivity contribution in [2.24, 2.45) is 0 Å². The number of methoxy groups -OCH3 is 1. The van der Waals surface area contributed by atoms with Crippen LogP contribution < -0.4 is 10.1 Å². The summed E-state index contributed by atoms with van der Waals surface area (Å²) in [5.74, 6) is 0.670. The monoisotopic (exact) mass is 407 g/mol. The number of benzene rings is 1. The summed E-state index contributed by atoms with van der Waals surface area (Å²) in [6.07, 6.45) is 3.77. The van der Waals surface area contributed by atoms with Gasteiger partial charge in [-0.25, -0.2) is 4.79 Å². The molecule has 164 valence electrons. The zero-order valence-electron chi connectivity index (χ0n) is 18.2. The smallest absolute Gasteiger partial charge is 0.412 e. The molecular weight excluding hydrogens is 370 g/mol. The maximum atomic E-state index is 12.5. The van der Waals surface area contributed by atoms with Gasteiger partial charge in [-0.2, -0.15) is 0 Å². The first kappa shape index (κ1) is 23.4. The topological polar surface area (TPSA) is 63.3 Å². The Morgan fingerprint density at radius 3 is 2.62 bits per heavy atom. The van der Waals surface area contributed by atoms with Gasteiger partial charge in [0.25, 0.3) is 0 Å². The molecule has 0 bridgehead atoms. The van der Waals surface area contributed by atoms with Gasteiger partial charge in [0.2, 0.25) is 0 Å². The Labute approximate surface area is 175 Å². The van der Waals surface area contributed by atoms with Gasteiger partial charge in [0.05, 0.1) is 18.9 Å². The molecule has 1 saturated heterocycles. The number of nitrogens with zero attached hydrogens (tertiary/aromatic N) is 2. The highest BCUT2D eigenvalue weighted by atomic mass is 16.6. The van der Waals surface area contributed by atoms with E-state index in [2.05, 4.69) is 29.1 Å². The maximum absolute atomic E-state index is 12.5. The van der Waals surface area contributed by atoms with Crippen molar-refractivity contribution in [2.75, 3.05) is 65.4 Å². The molecule has 0 saturated carbocycles. The van der Waals surface area contributed by atoms with E-state index in [-0.39, 0.29) is 6.10 Å². The van der Waals surface area contributed by atoms with Crippen molar-refractivity contribution in [2.45, 2.75) is 38.7 Å². The number of anilines is 1. The van der Waals surface area contributed by atoms with Crippen LogP contribution in [0, 0.1) is 0 Å². The summed E-state index contributed by atoms with van der Waals surface area (Å²) < 4.78 is 16.8. The van der Waals surface area contributed by atoms with Crippen molar-refractivity contribution < 1.29 is 19.0 Å². The highest BCUT2D eigenvalue weighted by molar-refractivity contribution is 5.86. The molecule has 0 radical (unpaired) electrons. The molecule has 1 fully saturated rings. The number of carbonyl (C=O) groups is 1. The van der Waals surface area contributed by atoms with Gasteiger partial charge in [-0.05, 0) is 25.6 Å². The highest BCUT2D eigenvalue weighted by Crippen LogP contribution is 2.24. The fourth-order valence-electron chi connectivity index (χ4n) is 3.33. The second-order valence-corrected chi connectivity index (χ2v) is 7.62. The van der Waals surface area contributed by atoms with Crippen molar-refractivity contribution in [3.8, 4) is 5.75 Å². The van der Waals surface area contributed by atoms with Crippen molar-refractivity contribution in [1.82, 2.24) is 9.80 Å². The van der Waals surface area contributed by atoms with Crippen LogP contribution >= 0.6 is 0 Å². The lowest BCUT2D eigenvalue weighted by atomic mass is 10.2.